The van der Waals surface area contributed by atoms with Gasteiger partial charge in [-0.1, -0.05) is 20.3 Å². The van der Waals surface area contributed by atoms with Crippen molar-refractivity contribution in [3.63, 3.8) is 0 Å². The highest BCUT2D eigenvalue weighted by Gasteiger charge is 2.06. The molecule has 0 aliphatic carbocycles. The van der Waals surface area contributed by atoms with Crippen molar-refractivity contribution in [2.45, 2.75) is 39.5 Å². The van der Waals surface area contributed by atoms with E-state index < -0.39 is 5.97 Å². The summed E-state index contributed by atoms with van der Waals surface area (Å²) >= 11 is 0. The van der Waals surface area contributed by atoms with Gasteiger partial charge in [-0.15, -0.1) is 0 Å². The van der Waals surface area contributed by atoms with Crippen LogP contribution >= 0.6 is 0 Å². The molecule has 0 saturated heterocycles. The smallest absolute Gasteiger partial charge is 0.303 e. The molecule has 82 valence electrons. The Balaban J connectivity index is 3.40. The van der Waals surface area contributed by atoms with Gasteiger partial charge in [-0.25, -0.2) is 0 Å². The molecule has 0 aromatic heterocycles. The molecule has 0 aromatic rings. The quantitative estimate of drug-likeness (QED) is 0.612. The number of nitrogens with one attached hydrogen (secondary N) is 1. The van der Waals surface area contributed by atoms with Gasteiger partial charge in [-0.05, 0) is 12.3 Å². The highest BCUT2D eigenvalue weighted by molar-refractivity contribution is 5.76. The Labute approximate surface area is 84.7 Å². The van der Waals surface area contributed by atoms with Crippen LogP contribution in [0.1, 0.15) is 39.5 Å². The number of hydrogen-bond donors (Lipinski definition) is 2. The van der Waals surface area contributed by atoms with Crippen molar-refractivity contribution < 1.29 is 14.7 Å². The minimum atomic E-state index is -0.818. The zero-order valence-corrected chi connectivity index (χ0v) is 8.88. The lowest BCUT2D eigenvalue weighted by Gasteiger charge is -2.08. The Morgan fingerprint density at radius 1 is 1.43 bits per heavy atom. The average molecular weight is 201 g/mol. The Morgan fingerprint density at radius 2 is 2.07 bits per heavy atom. The minimum absolute atomic E-state index is 0.0183. The number of aliphatic carboxylic acids is 1. The zero-order valence-electron chi connectivity index (χ0n) is 8.88. The van der Waals surface area contributed by atoms with Crippen molar-refractivity contribution >= 4 is 11.9 Å². The monoisotopic (exact) mass is 201 g/mol. The van der Waals surface area contributed by atoms with E-state index in [0.717, 1.165) is 6.42 Å². The summed E-state index contributed by atoms with van der Waals surface area (Å²) in [6.07, 6.45) is 2.14. The topological polar surface area (TPSA) is 66.4 Å². The number of amides is 1. The third-order valence-electron chi connectivity index (χ3n) is 2.12. The van der Waals surface area contributed by atoms with Crippen LogP contribution in [0.5, 0.6) is 0 Å². The maximum absolute atomic E-state index is 11.2. The summed E-state index contributed by atoms with van der Waals surface area (Å²) in [7, 11) is 0. The van der Waals surface area contributed by atoms with E-state index in [2.05, 4.69) is 5.32 Å². The van der Waals surface area contributed by atoms with Crippen molar-refractivity contribution in [1.29, 1.82) is 0 Å². The van der Waals surface area contributed by atoms with Gasteiger partial charge in [0.15, 0.2) is 0 Å². The number of hydrogen-bond acceptors (Lipinski definition) is 2. The van der Waals surface area contributed by atoms with Gasteiger partial charge in [0.2, 0.25) is 5.91 Å². The SMILES string of the molecule is CCC(C)CC(=O)NCCCC(=O)O. The predicted molar refractivity (Wildman–Crippen MR) is 54.0 cm³/mol. The first kappa shape index (κ1) is 12.9. The molecule has 2 N–H and O–H groups in total. The summed E-state index contributed by atoms with van der Waals surface area (Å²) in [4.78, 5) is 21.4. The Kier molecular flexibility index (Phi) is 6.80. The Hall–Kier alpha value is -1.06. The third-order valence-corrected chi connectivity index (χ3v) is 2.12. The summed E-state index contributed by atoms with van der Waals surface area (Å²) < 4.78 is 0. The predicted octanol–water partition coefficient (Wildman–Crippen LogP) is 1.40. The maximum atomic E-state index is 11.2. The second kappa shape index (κ2) is 7.35. The summed E-state index contributed by atoms with van der Waals surface area (Å²) in [5, 5.41) is 11.1. The first-order valence-electron chi connectivity index (χ1n) is 5.04. The van der Waals surface area contributed by atoms with Crippen LogP contribution in [-0.4, -0.2) is 23.5 Å². The molecular weight excluding hydrogens is 182 g/mol. The van der Waals surface area contributed by atoms with Crippen LogP contribution < -0.4 is 5.32 Å². The molecule has 0 saturated carbocycles. The van der Waals surface area contributed by atoms with Crippen molar-refractivity contribution in [3.05, 3.63) is 0 Å². The van der Waals surface area contributed by atoms with Crippen molar-refractivity contribution in [2.24, 2.45) is 5.92 Å². The molecule has 4 heteroatoms. The molecule has 14 heavy (non-hydrogen) atoms. The van der Waals surface area contributed by atoms with E-state index in [1.165, 1.54) is 0 Å². The first-order chi connectivity index (χ1) is 6.56. The fourth-order valence-electron chi connectivity index (χ4n) is 1.00. The van der Waals surface area contributed by atoms with Crippen LogP contribution in [0.4, 0.5) is 0 Å². The molecule has 0 spiro atoms. The van der Waals surface area contributed by atoms with Gasteiger partial charge in [0.1, 0.15) is 0 Å². The molecule has 1 atom stereocenters. The number of rotatable bonds is 7. The van der Waals surface area contributed by atoms with Gasteiger partial charge in [0.25, 0.3) is 0 Å². The largest absolute Gasteiger partial charge is 0.481 e. The lowest BCUT2D eigenvalue weighted by molar-refractivity contribution is -0.137. The molecular formula is C10H19NO3. The van der Waals surface area contributed by atoms with Gasteiger partial charge >= 0.3 is 5.97 Å². The highest BCUT2D eigenvalue weighted by Crippen LogP contribution is 2.05. The average Bonchev–Trinajstić information content (AvgIpc) is 2.12. The number of carbonyl (C=O) groups excluding carboxylic acids is 1. The lowest BCUT2D eigenvalue weighted by Crippen LogP contribution is -2.26. The van der Waals surface area contributed by atoms with Crippen LogP contribution in [0, 0.1) is 5.92 Å². The van der Waals surface area contributed by atoms with Crippen LogP contribution in [0.2, 0.25) is 0 Å². The fourth-order valence-corrected chi connectivity index (χ4v) is 1.00. The standard InChI is InChI=1S/C10H19NO3/c1-3-8(2)7-9(12)11-6-4-5-10(13)14/h8H,3-7H2,1-2H3,(H,11,12)(H,13,14). The Morgan fingerprint density at radius 3 is 2.57 bits per heavy atom. The highest BCUT2D eigenvalue weighted by atomic mass is 16.4. The molecule has 0 aromatic carbocycles. The molecule has 0 radical (unpaired) electrons. The summed E-state index contributed by atoms with van der Waals surface area (Å²) in [5.74, 6) is -0.402. The molecule has 0 heterocycles. The Bertz CT molecular complexity index is 192. The van der Waals surface area contributed by atoms with Crippen LogP contribution in [0.25, 0.3) is 0 Å². The number of carboxylic acids is 1. The second-order valence-corrected chi connectivity index (χ2v) is 3.56. The molecule has 4 nitrogen and oxygen atoms in total. The van der Waals surface area contributed by atoms with Crippen molar-refractivity contribution in [2.75, 3.05) is 6.54 Å². The van der Waals surface area contributed by atoms with Crippen LogP contribution in [0.15, 0.2) is 0 Å². The van der Waals surface area contributed by atoms with E-state index in [1.54, 1.807) is 0 Å². The first-order valence-corrected chi connectivity index (χ1v) is 5.04. The van der Waals surface area contributed by atoms with E-state index in [0.29, 0.717) is 25.3 Å². The number of carboxylic acid groups (broad SMARTS) is 1. The normalized spacial score (nSPS) is 12.1. The van der Waals surface area contributed by atoms with E-state index in [4.69, 9.17) is 5.11 Å². The van der Waals surface area contributed by atoms with Crippen LogP contribution in [-0.2, 0) is 9.59 Å². The molecule has 0 aliphatic heterocycles. The molecule has 0 bridgehead atoms. The van der Waals surface area contributed by atoms with Crippen LogP contribution in [0.3, 0.4) is 0 Å². The summed E-state index contributed by atoms with van der Waals surface area (Å²) in [6, 6.07) is 0. The number of carbonyl (C=O) groups is 2. The fraction of sp³-hybridized carbons (Fsp3) is 0.800. The second-order valence-electron chi connectivity index (χ2n) is 3.56. The zero-order chi connectivity index (χ0) is 11.0. The lowest BCUT2D eigenvalue weighted by atomic mass is 10.1. The minimum Gasteiger partial charge on any atom is -0.481 e. The van der Waals surface area contributed by atoms with Gasteiger partial charge in [0.05, 0.1) is 0 Å². The summed E-state index contributed by atoms with van der Waals surface area (Å²) in [5.41, 5.74) is 0. The molecule has 0 aliphatic rings. The maximum Gasteiger partial charge on any atom is 0.303 e. The van der Waals surface area contributed by atoms with E-state index in [-0.39, 0.29) is 12.3 Å². The van der Waals surface area contributed by atoms with Crippen molar-refractivity contribution in [3.8, 4) is 0 Å². The molecule has 0 fully saturated rings. The van der Waals surface area contributed by atoms with Gasteiger partial charge < -0.3 is 10.4 Å². The molecule has 0 rings (SSSR count). The van der Waals surface area contributed by atoms with E-state index in [1.807, 2.05) is 13.8 Å². The molecule has 1 amide bonds. The summed E-state index contributed by atoms with van der Waals surface area (Å²) in [6.45, 7) is 4.53. The molecule has 1 unspecified atom stereocenters. The van der Waals surface area contributed by atoms with E-state index in [9.17, 15) is 9.59 Å². The van der Waals surface area contributed by atoms with Gasteiger partial charge in [-0.3, -0.25) is 9.59 Å². The third kappa shape index (κ3) is 7.58. The van der Waals surface area contributed by atoms with Gasteiger partial charge in [0, 0.05) is 19.4 Å². The van der Waals surface area contributed by atoms with Gasteiger partial charge in [-0.2, -0.15) is 0 Å². The van der Waals surface area contributed by atoms with Crippen molar-refractivity contribution in [1.82, 2.24) is 5.32 Å². The van der Waals surface area contributed by atoms with E-state index >= 15 is 0 Å².